The van der Waals surface area contributed by atoms with E-state index in [0.29, 0.717) is 24.5 Å². The van der Waals surface area contributed by atoms with Crippen LogP contribution in [0.25, 0.3) is 0 Å². The van der Waals surface area contributed by atoms with Gasteiger partial charge in [0.25, 0.3) is 0 Å². The fourth-order valence-electron chi connectivity index (χ4n) is 3.53. The van der Waals surface area contributed by atoms with Crippen LogP contribution in [-0.2, 0) is 9.53 Å². The van der Waals surface area contributed by atoms with Gasteiger partial charge in [-0.1, -0.05) is 0 Å². The molecule has 2 saturated heterocycles. The Kier molecular flexibility index (Phi) is 6.64. The first-order valence-corrected chi connectivity index (χ1v) is 10.6. The third-order valence-corrected chi connectivity index (χ3v) is 5.82. The second-order valence-electron chi connectivity index (χ2n) is 6.92. The van der Waals surface area contributed by atoms with Gasteiger partial charge in [-0.05, 0) is 42.9 Å². The molecule has 2 amide bonds. The van der Waals surface area contributed by atoms with E-state index in [-0.39, 0.29) is 19.0 Å². The summed E-state index contributed by atoms with van der Waals surface area (Å²) in [5.74, 6) is -0.604. The van der Waals surface area contributed by atoms with Crippen LogP contribution in [0.1, 0.15) is 19.8 Å². The number of carbonyl (C=O) groups excluding carboxylic acids is 2. The largest absolute Gasteiger partial charge is 0.442 e. The van der Waals surface area contributed by atoms with E-state index in [2.05, 4.69) is 11.4 Å². The average Bonchev–Trinajstić information content (AvgIpc) is 3.08. The Balaban J connectivity index is 1.67. The zero-order valence-corrected chi connectivity index (χ0v) is 17.2. The third-order valence-electron chi connectivity index (χ3n) is 5.03. The number of ether oxygens (including phenoxy) is 1. The number of amides is 2. The zero-order valence-electron chi connectivity index (χ0n) is 16.4. The predicted molar refractivity (Wildman–Crippen MR) is 110 cm³/mol. The molecule has 1 N–H and O–H groups in total. The first-order valence-electron chi connectivity index (χ1n) is 9.36. The smallest absolute Gasteiger partial charge is 0.414 e. The first-order chi connectivity index (χ1) is 13.9. The van der Waals surface area contributed by atoms with Gasteiger partial charge in [0.2, 0.25) is 5.91 Å². The van der Waals surface area contributed by atoms with E-state index in [4.69, 9.17) is 4.74 Å². The lowest BCUT2D eigenvalue weighted by molar-refractivity contribution is -0.119. The monoisotopic (exact) mass is 418 g/mol. The fourth-order valence-corrected chi connectivity index (χ4v) is 4.11. The molecule has 0 radical (unpaired) electrons. The lowest BCUT2D eigenvalue weighted by atomic mass is 10.0. The van der Waals surface area contributed by atoms with Crippen LogP contribution >= 0.6 is 11.8 Å². The van der Waals surface area contributed by atoms with Gasteiger partial charge < -0.3 is 15.0 Å². The van der Waals surface area contributed by atoms with Gasteiger partial charge in [0, 0.05) is 20.0 Å². The van der Waals surface area contributed by atoms with Crippen LogP contribution in [0.4, 0.5) is 20.6 Å². The van der Waals surface area contributed by atoms with Crippen molar-refractivity contribution in [2.45, 2.75) is 25.9 Å². The number of hydrogen-bond acceptors (Lipinski definition) is 6. The summed E-state index contributed by atoms with van der Waals surface area (Å²) in [7, 11) is 0. The quantitative estimate of drug-likeness (QED) is 0.740. The van der Waals surface area contributed by atoms with Gasteiger partial charge in [-0.2, -0.15) is 5.26 Å². The second-order valence-corrected chi connectivity index (χ2v) is 7.74. The molecule has 2 aliphatic heterocycles. The molecule has 3 rings (SSSR count). The van der Waals surface area contributed by atoms with Crippen molar-refractivity contribution in [1.82, 2.24) is 5.32 Å². The Bertz CT molecular complexity index is 873. The summed E-state index contributed by atoms with van der Waals surface area (Å²) >= 11 is 1.45. The average molecular weight is 418 g/mol. The highest BCUT2D eigenvalue weighted by atomic mass is 32.2. The molecule has 1 atom stereocenters. The van der Waals surface area contributed by atoms with Gasteiger partial charge in [0.15, 0.2) is 0 Å². The molecule has 1 aromatic rings. The summed E-state index contributed by atoms with van der Waals surface area (Å²) < 4.78 is 20.0. The van der Waals surface area contributed by atoms with Gasteiger partial charge in [-0.25, -0.2) is 9.18 Å². The topological polar surface area (TPSA) is 85.7 Å². The van der Waals surface area contributed by atoms with Crippen LogP contribution in [0.2, 0.25) is 0 Å². The van der Waals surface area contributed by atoms with Crippen molar-refractivity contribution in [1.29, 1.82) is 5.26 Å². The van der Waals surface area contributed by atoms with E-state index >= 15 is 0 Å². The second kappa shape index (κ2) is 9.18. The highest BCUT2D eigenvalue weighted by Gasteiger charge is 2.33. The van der Waals surface area contributed by atoms with E-state index < -0.39 is 18.0 Å². The number of carbonyl (C=O) groups is 2. The Morgan fingerprint density at radius 1 is 1.41 bits per heavy atom. The maximum absolute atomic E-state index is 14.8. The van der Waals surface area contributed by atoms with E-state index in [9.17, 15) is 19.2 Å². The van der Waals surface area contributed by atoms with Crippen molar-refractivity contribution < 1.29 is 18.7 Å². The van der Waals surface area contributed by atoms with Crippen LogP contribution in [0, 0.1) is 17.1 Å². The minimum Gasteiger partial charge on any atom is -0.442 e. The van der Waals surface area contributed by atoms with E-state index in [1.165, 1.54) is 29.7 Å². The number of allylic oxidation sites excluding steroid dienone is 1. The fraction of sp³-hybridized carbons (Fsp3) is 0.450. The number of thioether (sulfide) groups is 1. The maximum Gasteiger partial charge on any atom is 0.414 e. The number of nitriles is 1. The normalized spacial score (nSPS) is 19.0. The van der Waals surface area contributed by atoms with Crippen LogP contribution < -0.4 is 15.1 Å². The van der Waals surface area contributed by atoms with Gasteiger partial charge in [0.1, 0.15) is 18.0 Å². The highest BCUT2D eigenvalue weighted by molar-refractivity contribution is 8.02. The lowest BCUT2D eigenvalue weighted by Gasteiger charge is -2.31. The zero-order chi connectivity index (χ0) is 21.0. The minimum atomic E-state index is -0.554. The Morgan fingerprint density at radius 3 is 2.72 bits per heavy atom. The van der Waals surface area contributed by atoms with Crippen LogP contribution in [-0.4, -0.2) is 50.5 Å². The standard InChI is InChI=1S/C20H23FN4O3S/c1-13(26)23-11-16-12-25(20(27)28-16)15-3-4-18(17(21)9-15)24-7-5-14(6-8-24)19(10-22)29-2/h3-4,9,16H,5-8,11-12H2,1-2H3,(H,23,26)/t16-/m0/s1. The van der Waals surface area contributed by atoms with Crippen molar-refractivity contribution >= 4 is 35.1 Å². The molecule has 0 spiro atoms. The number of cyclic esters (lactones) is 1. The highest BCUT2D eigenvalue weighted by Crippen LogP contribution is 2.32. The predicted octanol–water partition coefficient (Wildman–Crippen LogP) is 3.03. The van der Waals surface area contributed by atoms with E-state index in [1.54, 1.807) is 12.1 Å². The van der Waals surface area contributed by atoms with Crippen molar-refractivity contribution in [3.8, 4) is 6.07 Å². The molecule has 1 aromatic carbocycles. The van der Waals surface area contributed by atoms with Crippen molar-refractivity contribution in [3.05, 3.63) is 34.5 Å². The maximum atomic E-state index is 14.8. The molecular formula is C20H23FN4O3S. The summed E-state index contributed by atoms with van der Waals surface area (Å²) in [5, 5.41) is 11.8. The van der Waals surface area contributed by atoms with Crippen LogP contribution in [0.5, 0.6) is 0 Å². The van der Waals surface area contributed by atoms with E-state index in [1.807, 2.05) is 11.2 Å². The van der Waals surface area contributed by atoms with Gasteiger partial charge >= 0.3 is 6.09 Å². The van der Waals surface area contributed by atoms with Crippen LogP contribution in [0.15, 0.2) is 28.7 Å². The molecule has 29 heavy (non-hydrogen) atoms. The summed E-state index contributed by atoms with van der Waals surface area (Å²) in [6.07, 6.45) is 2.33. The molecule has 0 aromatic heterocycles. The number of piperidine rings is 1. The van der Waals surface area contributed by atoms with Gasteiger partial charge in [-0.15, -0.1) is 11.8 Å². The Morgan fingerprint density at radius 2 is 2.14 bits per heavy atom. The van der Waals surface area contributed by atoms with Crippen molar-refractivity contribution in [3.63, 3.8) is 0 Å². The number of nitrogens with zero attached hydrogens (tertiary/aromatic N) is 3. The molecule has 154 valence electrons. The summed E-state index contributed by atoms with van der Waals surface area (Å²) in [6, 6.07) is 6.94. The Hall–Kier alpha value is -2.73. The van der Waals surface area contributed by atoms with Crippen LogP contribution in [0.3, 0.4) is 0 Å². The number of nitrogens with one attached hydrogen (secondary N) is 1. The summed E-state index contributed by atoms with van der Waals surface area (Å²) in [6.45, 7) is 3.15. The molecule has 0 saturated carbocycles. The molecule has 7 nitrogen and oxygen atoms in total. The molecular weight excluding hydrogens is 395 g/mol. The number of anilines is 2. The molecule has 0 bridgehead atoms. The number of rotatable bonds is 5. The van der Waals surface area contributed by atoms with Crippen molar-refractivity contribution in [2.24, 2.45) is 0 Å². The third kappa shape index (κ3) is 4.82. The Labute approximate surface area is 173 Å². The number of benzene rings is 1. The number of halogens is 1. The molecule has 0 unspecified atom stereocenters. The van der Waals surface area contributed by atoms with E-state index in [0.717, 1.165) is 23.3 Å². The molecule has 0 aliphatic carbocycles. The molecule has 2 aliphatic rings. The van der Waals surface area contributed by atoms with Crippen molar-refractivity contribution in [2.75, 3.05) is 42.2 Å². The minimum absolute atomic E-state index is 0.200. The number of hydrogen-bond donors (Lipinski definition) is 1. The SMILES string of the molecule is CSC(C#N)=C1CCN(c2ccc(N3C[C@H](CNC(C)=O)OC3=O)cc2F)CC1. The van der Waals surface area contributed by atoms with Gasteiger partial charge in [-0.3, -0.25) is 9.69 Å². The summed E-state index contributed by atoms with van der Waals surface area (Å²) in [4.78, 5) is 27.2. The molecule has 9 heteroatoms. The molecule has 2 fully saturated rings. The first kappa shape index (κ1) is 21.0. The summed E-state index contributed by atoms with van der Waals surface area (Å²) in [5.41, 5.74) is 2.03. The lowest BCUT2D eigenvalue weighted by Crippen LogP contribution is -2.33. The molecule has 2 heterocycles. The van der Waals surface area contributed by atoms with Gasteiger partial charge in [0.05, 0.1) is 29.4 Å².